The van der Waals surface area contributed by atoms with Crippen LogP contribution in [-0.2, 0) is 25.8 Å². The molecule has 200 valence electrons. The third-order valence-electron chi connectivity index (χ3n) is 7.09. The van der Waals surface area contributed by atoms with Gasteiger partial charge in [0.25, 0.3) is 5.91 Å². The van der Waals surface area contributed by atoms with Crippen molar-refractivity contribution in [2.45, 2.75) is 45.6 Å². The minimum atomic E-state index is -3.16. The number of ether oxygens (including phenoxy) is 1. The lowest BCUT2D eigenvalue weighted by atomic mass is 9.86. The summed E-state index contributed by atoms with van der Waals surface area (Å²) in [6.07, 6.45) is 5.02. The third kappa shape index (κ3) is 5.68. The molecule has 3 heterocycles. The van der Waals surface area contributed by atoms with Crippen molar-refractivity contribution < 1.29 is 22.7 Å². The lowest BCUT2D eigenvalue weighted by molar-refractivity contribution is -0.137. The van der Waals surface area contributed by atoms with Gasteiger partial charge in [0.15, 0.2) is 16.4 Å². The summed E-state index contributed by atoms with van der Waals surface area (Å²) < 4.78 is 29.8. The van der Waals surface area contributed by atoms with E-state index in [9.17, 15) is 18.0 Å². The highest BCUT2D eigenvalue weighted by atomic mass is 32.2. The molecule has 1 aliphatic carbocycles. The molecular formula is C29H32N2O5S2. The molecule has 0 N–H and O–H groups in total. The van der Waals surface area contributed by atoms with Gasteiger partial charge in [-0.05, 0) is 66.3 Å². The van der Waals surface area contributed by atoms with E-state index in [0.717, 1.165) is 34.5 Å². The molecule has 0 saturated carbocycles. The largest absolute Gasteiger partial charge is 0.452 e. The average molecular weight is 553 g/mol. The molecular weight excluding hydrogens is 520 g/mol. The number of hydrogen-bond acceptors (Lipinski definition) is 7. The lowest BCUT2D eigenvalue weighted by Gasteiger charge is -2.30. The normalized spacial score (nSPS) is 19.6. The van der Waals surface area contributed by atoms with Crippen molar-refractivity contribution in [1.29, 1.82) is 0 Å². The van der Waals surface area contributed by atoms with Crippen LogP contribution >= 0.6 is 11.3 Å². The smallest absolute Gasteiger partial charge is 0.339 e. The van der Waals surface area contributed by atoms with Crippen LogP contribution in [0.2, 0.25) is 0 Å². The summed E-state index contributed by atoms with van der Waals surface area (Å²) in [5.74, 6) is -0.715. The van der Waals surface area contributed by atoms with E-state index in [0.29, 0.717) is 35.9 Å². The van der Waals surface area contributed by atoms with E-state index in [1.54, 1.807) is 16.2 Å². The Bertz CT molecular complexity index is 1490. The molecule has 3 aromatic rings. The van der Waals surface area contributed by atoms with Crippen LogP contribution in [0, 0.1) is 5.92 Å². The van der Waals surface area contributed by atoms with Gasteiger partial charge in [-0.1, -0.05) is 38.1 Å². The fourth-order valence-corrected chi connectivity index (χ4v) is 7.82. The molecule has 2 aromatic heterocycles. The van der Waals surface area contributed by atoms with Crippen LogP contribution in [0.1, 0.15) is 59.6 Å². The number of nitrogens with zero attached hydrogens (tertiary/aromatic N) is 2. The summed E-state index contributed by atoms with van der Waals surface area (Å²) in [4.78, 5) is 34.5. The predicted octanol–water partition coefficient (Wildman–Crippen LogP) is 5.00. The second-order valence-electron chi connectivity index (χ2n) is 10.4. The van der Waals surface area contributed by atoms with Gasteiger partial charge in [0, 0.05) is 22.8 Å². The Balaban J connectivity index is 1.44. The van der Waals surface area contributed by atoms with Gasteiger partial charge in [-0.2, -0.15) is 0 Å². The first-order valence-electron chi connectivity index (χ1n) is 13.0. The van der Waals surface area contributed by atoms with E-state index >= 15 is 0 Å². The third-order valence-corrected chi connectivity index (χ3v) is 9.66. The van der Waals surface area contributed by atoms with Crippen LogP contribution in [0.15, 0.2) is 41.8 Å². The maximum atomic E-state index is 13.6. The Morgan fingerprint density at radius 1 is 1.18 bits per heavy atom. The fraction of sp³-hybridized carbons (Fsp3) is 0.414. The summed E-state index contributed by atoms with van der Waals surface area (Å²) in [6, 6.07) is 11.2. The Kier molecular flexibility index (Phi) is 7.68. The van der Waals surface area contributed by atoms with Crippen molar-refractivity contribution in [3.8, 4) is 0 Å². The number of amides is 1. The molecule has 0 radical (unpaired) electrons. The van der Waals surface area contributed by atoms with E-state index in [-0.39, 0.29) is 29.4 Å². The average Bonchev–Trinajstić information content (AvgIpc) is 3.53. The van der Waals surface area contributed by atoms with E-state index in [2.05, 4.69) is 12.1 Å². The van der Waals surface area contributed by atoms with Crippen LogP contribution in [0.4, 0.5) is 0 Å². The summed E-state index contributed by atoms with van der Waals surface area (Å²) in [6.45, 7) is 3.95. The topological polar surface area (TPSA) is 93.6 Å². The van der Waals surface area contributed by atoms with Crippen LogP contribution in [0.5, 0.6) is 0 Å². The Morgan fingerprint density at radius 2 is 2.00 bits per heavy atom. The number of benzene rings is 1. The number of para-hydroxylation sites is 1. The fourth-order valence-electron chi connectivity index (χ4n) is 5.40. The van der Waals surface area contributed by atoms with Gasteiger partial charge < -0.3 is 9.64 Å². The highest BCUT2D eigenvalue weighted by Gasteiger charge is 2.35. The molecule has 2 aliphatic rings. The zero-order chi connectivity index (χ0) is 26.9. The number of carbonyl (C=O) groups excluding carboxylic acids is 2. The van der Waals surface area contributed by atoms with Gasteiger partial charge >= 0.3 is 5.97 Å². The van der Waals surface area contributed by atoms with Crippen molar-refractivity contribution in [2.75, 3.05) is 24.7 Å². The van der Waals surface area contributed by atoms with Crippen molar-refractivity contribution >= 4 is 55.6 Å². The number of allylic oxidation sites excluding steroid dienone is 1. The zero-order valence-electron chi connectivity index (χ0n) is 21.7. The summed E-state index contributed by atoms with van der Waals surface area (Å²) in [5, 5.41) is 2.75. The summed E-state index contributed by atoms with van der Waals surface area (Å²) in [7, 11) is -3.16. The zero-order valence-corrected chi connectivity index (χ0v) is 23.3. The summed E-state index contributed by atoms with van der Waals surface area (Å²) >= 11 is 1.66. The molecule has 0 unspecified atom stereocenters. The maximum absolute atomic E-state index is 13.6. The van der Waals surface area contributed by atoms with Crippen LogP contribution in [0.25, 0.3) is 22.6 Å². The molecule has 7 nitrogen and oxygen atoms in total. The van der Waals surface area contributed by atoms with E-state index in [4.69, 9.17) is 9.72 Å². The van der Waals surface area contributed by atoms with E-state index in [1.807, 2.05) is 49.6 Å². The number of sulfone groups is 1. The number of thiophene rings is 1. The van der Waals surface area contributed by atoms with E-state index in [1.165, 1.54) is 0 Å². The first-order chi connectivity index (χ1) is 18.2. The molecule has 38 heavy (non-hydrogen) atoms. The molecule has 1 saturated heterocycles. The quantitative estimate of drug-likeness (QED) is 0.383. The van der Waals surface area contributed by atoms with Gasteiger partial charge in [-0.3, -0.25) is 4.79 Å². The van der Waals surface area contributed by atoms with Crippen LogP contribution < -0.4 is 0 Å². The molecule has 1 aliphatic heterocycles. The number of pyridine rings is 1. The Morgan fingerprint density at radius 3 is 2.71 bits per heavy atom. The van der Waals surface area contributed by atoms with Crippen molar-refractivity contribution in [3.63, 3.8) is 0 Å². The molecule has 1 amide bonds. The number of esters is 1. The minimum Gasteiger partial charge on any atom is -0.452 e. The highest BCUT2D eigenvalue weighted by Crippen LogP contribution is 2.37. The molecule has 5 rings (SSSR count). The first-order valence-corrected chi connectivity index (χ1v) is 15.7. The van der Waals surface area contributed by atoms with Gasteiger partial charge in [0.2, 0.25) is 0 Å². The minimum absolute atomic E-state index is 0.0404. The van der Waals surface area contributed by atoms with Crippen molar-refractivity contribution in [1.82, 2.24) is 9.88 Å². The number of rotatable bonds is 7. The Hall–Kier alpha value is -3.04. The van der Waals surface area contributed by atoms with Crippen LogP contribution in [0.3, 0.4) is 0 Å². The lowest BCUT2D eigenvalue weighted by Crippen LogP contribution is -2.45. The predicted molar refractivity (Wildman–Crippen MR) is 151 cm³/mol. The van der Waals surface area contributed by atoms with Crippen molar-refractivity contribution in [3.05, 3.63) is 63.5 Å². The summed E-state index contributed by atoms with van der Waals surface area (Å²) in [5.41, 5.74) is 3.95. The SMILES string of the molecule is CC(C)CN(C(=O)COC(=O)c1c2c(nc3ccccc13)/C(=C\c1cccs1)CCC2)[C@H]1CCS(=O)(=O)C1. The molecule has 0 spiro atoms. The standard InChI is InChI=1S/C29H32N2O5S2/c1-19(2)16-31(21-12-14-38(34,35)18-21)26(32)17-36-29(33)27-23-9-3-4-11-25(23)30-28-20(7-5-10-24(27)28)15-22-8-6-13-37-22/h3-4,6,8-9,11,13,15,19,21H,5,7,10,12,14,16-18H2,1-2H3/b20-15-/t21-/m0/s1. The number of hydrogen-bond donors (Lipinski definition) is 0. The Labute approximate surface area is 227 Å². The highest BCUT2D eigenvalue weighted by molar-refractivity contribution is 7.91. The molecule has 9 heteroatoms. The van der Waals surface area contributed by atoms with Gasteiger partial charge in [-0.25, -0.2) is 18.2 Å². The number of fused-ring (bicyclic) bond motifs is 2. The second-order valence-corrected chi connectivity index (χ2v) is 13.7. The number of carbonyl (C=O) groups is 2. The molecule has 1 fully saturated rings. The molecule has 1 aromatic carbocycles. The van der Waals surface area contributed by atoms with E-state index < -0.39 is 22.4 Å². The van der Waals surface area contributed by atoms with Gasteiger partial charge in [0.05, 0.1) is 28.3 Å². The molecule has 0 bridgehead atoms. The molecule has 1 atom stereocenters. The monoisotopic (exact) mass is 552 g/mol. The van der Waals surface area contributed by atoms with Gasteiger partial charge in [-0.15, -0.1) is 11.3 Å². The maximum Gasteiger partial charge on any atom is 0.339 e. The second kappa shape index (κ2) is 11.0. The first kappa shape index (κ1) is 26.6. The van der Waals surface area contributed by atoms with Crippen LogP contribution in [-0.4, -0.2) is 60.9 Å². The van der Waals surface area contributed by atoms with Crippen molar-refractivity contribution in [2.24, 2.45) is 5.92 Å². The number of aromatic nitrogens is 1. The van der Waals surface area contributed by atoms with Gasteiger partial charge in [0.1, 0.15) is 0 Å².